The van der Waals surface area contributed by atoms with Gasteiger partial charge in [0.05, 0.1) is 18.3 Å². The van der Waals surface area contributed by atoms with Crippen molar-refractivity contribution in [2.24, 2.45) is 11.3 Å². The normalized spacial score (nSPS) is 18.7. The molecular formula is C24H27ClN2O3. The fourth-order valence-corrected chi connectivity index (χ4v) is 4.49. The van der Waals surface area contributed by atoms with Crippen LogP contribution in [0.2, 0.25) is 5.15 Å². The third-order valence-corrected chi connectivity index (χ3v) is 6.41. The first kappa shape index (κ1) is 20.9. The van der Waals surface area contributed by atoms with Crippen LogP contribution in [0.15, 0.2) is 36.5 Å². The van der Waals surface area contributed by atoms with Crippen LogP contribution in [0.25, 0.3) is 5.57 Å². The molecule has 2 aliphatic carbocycles. The molecule has 1 unspecified atom stereocenters. The Labute approximate surface area is 182 Å². The van der Waals surface area contributed by atoms with Crippen LogP contribution in [0.4, 0.5) is 0 Å². The van der Waals surface area contributed by atoms with Gasteiger partial charge in [-0.1, -0.05) is 43.7 Å². The van der Waals surface area contributed by atoms with Gasteiger partial charge in [-0.05, 0) is 66.2 Å². The van der Waals surface area contributed by atoms with Gasteiger partial charge < -0.3 is 9.84 Å². The standard InChI is InChI=1S/C24H27ClN2O3/c1-24(2)10-4-7-20(24)22-23(25)26-13-17(27-22)14-30-18-6-3-5-16(11-18)19(12-21(28)29)15-8-9-15/h3,5-7,11,13,15,19H,4,8-10,12,14H2,1-2H3,(H,28,29). The van der Waals surface area contributed by atoms with Crippen LogP contribution in [-0.4, -0.2) is 21.0 Å². The molecule has 0 bridgehead atoms. The highest BCUT2D eigenvalue weighted by molar-refractivity contribution is 6.31. The summed E-state index contributed by atoms with van der Waals surface area (Å²) in [4.78, 5) is 20.3. The molecule has 0 amide bonds. The second-order valence-corrected chi connectivity index (χ2v) is 9.30. The van der Waals surface area contributed by atoms with Gasteiger partial charge in [-0.2, -0.15) is 0 Å². The molecule has 1 aromatic carbocycles. The minimum Gasteiger partial charge on any atom is -0.487 e. The first-order valence-corrected chi connectivity index (χ1v) is 10.9. The molecule has 158 valence electrons. The fourth-order valence-electron chi connectivity index (χ4n) is 4.29. The van der Waals surface area contributed by atoms with E-state index in [1.807, 2.05) is 24.3 Å². The Balaban J connectivity index is 1.49. The third-order valence-electron chi connectivity index (χ3n) is 6.14. The van der Waals surface area contributed by atoms with E-state index in [0.717, 1.165) is 42.5 Å². The number of hydrogen-bond acceptors (Lipinski definition) is 4. The van der Waals surface area contributed by atoms with Gasteiger partial charge in [0.1, 0.15) is 18.1 Å². The molecule has 0 spiro atoms. The number of ether oxygens (including phenoxy) is 1. The zero-order valence-corrected chi connectivity index (χ0v) is 18.2. The number of aromatic nitrogens is 2. The molecule has 6 heteroatoms. The molecule has 1 saturated carbocycles. The van der Waals surface area contributed by atoms with E-state index in [1.165, 1.54) is 0 Å². The minimum atomic E-state index is -0.758. The number of nitrogens with zero attached hydrogens (tertiary/aromatic N) is 2. The van der Waals surface area contributed by atoms with Gasteiger partial charge in [-0.25, -0.2) is 9.97 Å². The molecule has 0 aliphatic heterocycles. The largest absolute Gasteiger partial charge is 0.487 e. The van der Waals surface area contributed by atoms with Crippen molar-refractivity contribution < 1.29 is 14.6 Å². The van der Waals surface area contributed by atoms with E-state index < -0.39 is 5.97 Å². The summed E-state index contributed by atoms with van der Waals surface area (Å²) >= 11 is 6.35. The van der Waals surface area contributed by atoms with Crippen LogP contribution in [0.1, 0.15) is 68.8 Å². The molecule has 0 saturated heterocycles. The van der Waals surface area contributed by atoms with E-state index >= 15 is 0 Å². The lowest BCUT2D eigenvalue weighted by atomic mass is 9.84. The summed E-state index contributed by atoms with van der Waals surface area (Å²) in [6, 6.07) is 7.76. The predicted molar refractivity (Wildman–Crippen MR) is 117 cm³/mol. The first-order valence-electron chi connectivity index (χ1n) is 10.5. The number of carboxylic acids is 1. The number of rotatable bonds is 8. The van der Waals surface area contributed by atoms with Crippen LogP contribution in [0, 0.1) is 11.3 Å². The van der Waals surface area contributed by atoms with Gasteiger partial charge in [0, 0.05) is 0 Å². The maximum absolute atomic E-state index is 11.3. The average Bonchev–Trinajstić information content (AvgIpc) is 3.48. The Morgan fingerprint density at radius 3 is 2.83 bits per heavy atom. The summed E-state index contributed by atoms with van der Waals surface area (Å²) in [5.74, 6) is 0.460. The summed E-state index contributed by atoms with van der Waals surface area (Å²) in [5, 5.41) is 9.68. The van der Waals surface area contributed by atoms with Crippen molar-refractivity contribution in [3.05, 3.63) is 58.6 Å². The summed E-state index contributed by atoms with van der Waals surface area (Å²) < 4.78 is 5.99. The van der Waals surface area contributed by atoms with Gasteiger partial charge in [0.25, 0.3) is 0 Å². The highest BCUT2D eigenvalue weighted by atomic mass is 35.5. The zero-order valence-electron chi connectivity index (χ0n) is 17.4. The maximum Gasteiger partial charge on any atom is 0.303 e. The van der Waals surface area contributed by atoms with Crippen molar-refractivity contribution in [1.29, 1.82) is 0 Å². The van der Waals surface area contributed by atoms with Crippen LogP contribution in [0.5, 0.6) is 5.75 Å². The molecule has 5 nitrogen and oxygen atoms in total. The first-order chi connectivity index (χ1) is 14.3. The summed E-state index contributed by atoms with van der Waals surface area (Å²) in [6.45, 7) is 4.68. The van der Waals surface area contributed by atoms with Crippen LogP contribution in [0.3, 0.4) is 0 Å². The smallest absolute Gasteiger partial charge is 0.303 e. The van der Waals surface area contributed by atoms with E-state index in [1.54, 1.807) is 6.20 Å². The lowest BCUT2D eigenvalue weighted by Crippen LogP contribution is -2.12. The zero-order chi connectivity index (χ0) is 21.3. The van der Waals surface area contributed by atoms with E-state index in [-0.39, 0.29) is 24.4 Å². The SMILES string of the molecule is CC1(C)CCC=C1c1nc(COc2cccc(C(CC(=O)O)C3CC3)c2)cnc1Cl. The van der Waals surface area contributed by atoms with Crippen molar-refractivity contribution in [1.82, 2.24) is 9.97 Å². The number of allylic oxidation sites excluding steroid dienone is 2. The third kappa shape index (κ3) is 4.67. The Morgan fingerprint density at radius 2 is 2.17 bits per heavy atom. The number of carbonyl (C=O) groups is 1. The number of benzene rings is 1. The molecule has 2 aromatic rings. The molecule has 1 N–H and O–H groups in total. The highest BCUT2D eigenvalue weighted by Gasteiger charge is 2.34. The molecule has 1 atom stereocenters. The highest BCUT2D eigenvalue weighted by Crippen LogP contribution is 2.46. The number of aliphatic carboxylic acids is 1. The molecular weight excluding hydrogens is 400 g/mol. The number of halogens is 1. The number of carboxylic acid groups (broad SMARTS) is 1. The van der Waals surface area contributed by atoms with E-state index in [2.05, 4.69) is 24.9 Å². The molecule has 4 rings (SSSR count). The summed E-state index contributed by atoms with van der Waals surface area (Å²) in [7, 11) is 0. The molecule has 1 heterocycles. The Bertz CT molecular complexity index is 982. The van der Waals surface area contributed by atoms with Gasteiger partial charge in [0.2, 0.25) is 0 Å². The van der Waals surface area contributed by atoms with Crippen molar-refractivity contribution in [3.8, 4) is 5.75 Å². The average molecular weight is 427 g/mol. The lowest BCUT2D eigenvalue weighted by molar-refractivity contribution is -0.137. The van der Waals surface area contributed by atoms with E-state index in [0.29, 0.717) is 22.5 Å². The molecule has 1 aromatic heterocycles. The van der Waals surface area contributed by atoms with Crippen LogP contribution >= 0.6 is 11.6 Å². The summed E-state index contributed by atoms with van der Waals surface area (Å²) in [5.41, 5.74) is 3.66. The topological polar surface area (TPSA) is 72.3 Å². The number of hydrogen-bond donors (Lipinski definition) is 1. The Kier molecular flexibility index (Phi) is 5.83. The van der Waals surface area contributed by atoms with Gasteiger partial charge in [-0.15, -0.1) is 0 Å². The van der Waals surface area contributed by atoms with Crippen LogP contribution < -0.4 is 4.74 Å². The summed E-state index contributed by atoms with van der Waals surface area (Å²) in [6.07, 6.45) is 8.29. The fraction of sp³-hybridized carbons (Fsp3) is 0.458. The van der Waals surface area contributed by atoms with Crippen molar-refractivity contribution in [3.63, 3.8) is 0 Å². The van der Waals surface area contributed by atoms with Crippen LogP contribution in [-0.2, 0) is 11.4 Å². The van der Waals surface area contributed by atoms with E-state index in [4.69, 9.17) is 21.3 Å². The van der Waals surface area contributed by atoms with Crippen molar-refractivity contribution >= 4 is 23.1 Å². The molecule has 0 radical (unpaired) electrons. The monoisotopic (exact) mass is 426 g/mol. The Hall–Kier alpha value is -2.40. The molecule has 1 fully saturated rings. The van der Waals surface area contributed by atoms with E-state index in [9.17, 15) is 9.90 Å². The van der Waals surface area contributed by atoms with Gasteiger partial charge >= 0.3 is 5.97 Å². The molecule has 30 heavy (non-hydrogen) atoms. The van der Waals surface area contributed by atoms with Crippen molar-refractivity contribution in [2.45, 2.75) is 58.5 Å². The Morgan fingerprint density at radius 1 is 1.37 bits per heavy atom. The maximum atomic E-state index is 11.3. The second-order valence-electron chi connectivity index (χ2n) is 8.94. The minimum absolute atomic E-state index is 0.0358. The van der Waals surface area contributed by atoms with Crippen molar-refractivity contribution in [2.75, 3.05) is 0 Å². The quantitative estimate of drug-likeness (QED) is 0.570. The molecule has 2 aliphatic rings. The predicted octanol–water partition coefficient (Wildman–Crippen LogP) is 5.88. The second kappa shape index (κ2) is 8.38. The lowest BCUT2D eigenvalue weighted by Gasteiger charge is -2.22. The van der Waals surface area contributed by atoms with Gasteiger partial charge in [0.15, 0.2) is 5.15 Å². The van der Waals surface area contributed by atoms with Gasteiger partial charge in [-0.3, -0.25) is 4.79 Å².